The largest absolute Gasteiger partial charge is 0.507 e. The van der Waals surface area contributed by atoms with E-state index in [2.05, 4.69) is 0 Å². The first-order valence-electron chi connectivity index (χ1n) is 12.9. The van der Waals surface area contributed by atoms with Gasteiger partial charge >= 0.3 is 0 Å². The predicted octanol–water partition coefficient (Wildman–Crippen LogP) is 1.70. The van der Waals surface area contributed by atoms with Crippen LogP contribution in [0.1, 0.15) is 43.0 Å². The van der Waals surface area contributed by atoms with Gasteiger partial charge in [-0.15, -0.1) is 0 Å². The summed E-state index contributed by atoms with van der Waals surface area (Å²) in [6.07, 6.45) is -3.37. The van der Waals surface area contributed by atoms with Gasteiger partial charge in [-0.1, -0.05) is 0 Å². The molecule has 0 amide bonds. The molecule has 4 fully saturated rings. The maximum Gasteiger partial charge on any atom is 0.175 e. The standard InChI is InChI=1S/C30H22O10/c1-7-3-9-13(11(31)5-7)21(33)17-25(37)20-23(35)15-16-24(36)19(29(15,17)27(9)39)26(38)18-22(34)14-10(28(40)30(16,18)20)4-8(2)6-12(14)32/h3-6,15-16,19-20,23-24,31-36H,1-2H3/t15-,16+,19-,20-,23+,24+,29-,30-/m1/s1. The summed E-state index contributed by atoms with van der Waals surface area (Å²) < 4.78 is 0. The summed E-state index contributed by atoms with van der Waals surface area (Å²) in [5, 5.41) is 67.8. The lowest BCUT2D eigenvalue weighted by molar-refractivity contribution is -0.142. The average molecular weight is 542 g/mol. The number of phenols is 2. The van der Waals surface area contributed by atoms with Gasteiger partial charge in [-0.2, -0.15) is 0 Å². The van der Waals surface area contributed by atoms with Crippen LogP contribution in [0.2, 0.25) is 0 Å². The monoisotopic (exact) mass is 542 g/mol. The van der Waals surface area contributed by atoms with Crippen molar-refractivity contribution in [3.05, 3.63) is 68.8 Å². The number of Topliss-reactive ketones (excluding diaryl/α,β-unsaturated/α-hetero) is 4. The maximum atomic E-state index is 14.5. The number of aryl methyl sites for hydroxylation is 2. The molecule has 4 bridgehead atoms. The average Bonchev–Trinajstić information content (AvgIpc) is 3.22. The number of ketones is 4. The lowest BCUT2D eigenvalue weighted by Crippen LogP contribution is -2.65. The Kier molecular flexibility index (Phi) is 3.86. The number of aromatic hydroxyl groups is 2. The normalized spacial score (nSPS) is 38.1. The van der Waals surface area contributed by atoms with Gasteiger partial charge in [0, 0.05) is 23.0 Å². The summed E-state index contributed by atoms with van der Waals surface area (Å²) in [6.45, 7) is 3.19. The van der Waals surface area contributed by atoms with Gasteiger partial charge < -0.3 is 30.6 Å². The highest BCUT2D eigenvalue weighted by atomic mass is 16.3. The van der Waals surface area contributed by atoms with Crippen molar-refractivity contribution in [2.45, 2.75) is 26.1 Å². The predicted molar refractivity (Wildman–Crippen MR) is 134 cm³/mol. The van der Waals surface area contributed by atoms with E-state index in [1.165, 1.54) is 24.3 Å². The highest BCUT2D eigenvalue weighted by Crippen LogP contribution is 2.80. The van der Waals surface area contributed by atoms with Crippen molar-refractivity contribution in [2.75, 3.05) is 0 Å². The molecule has 4 saturated carbocycles. The molecule has 6 N–H and O–H groups in total. The zero-order chi connectivity index (χ0) is 28.5. The molecule has 2 spiro atoms. The quantitative estimate of drug-likeness (QED) is 0.286. The van der Waals surface area contributed by atoms with Crippen molar-refractivity contribution in [1.29, 1.82) is 0 Å². The molecule has 8 rings (SSSR count). The summed E-state index contributed by atoms with van der Waals surface area (Å²) >= 11 is 0. The summed E-state index contributed by atoms with van der Waals surface area (Å²) in [5.41, 5.74) is -5.58. The second kappa shape index (κ2) is 6.54. The van der Waals surface area contributed by atoms with Crippen LogP contribution in [-0.2, 0) is 9.59 Å². The molecule has 40 heavy (non-hydrogen) atoms. The Hall–Kier alpha value is -4.28. The minimum atomic E-state index is -2.25. The molecule has 10 heteroatoms. The Morgan fingerprint density at radius 3 is 1.30 bits per heavy atom. The number of aliphatic hydroxyl groups is 4. The topological polar surface area (TPSA) is 190 Å². The summed E-state index contributed by atoms with van der Waals surface area (Å²) in [7, 11) is 0. The fraction of sp³-hybridized carbons (Fsp3) is 0.333. The van der Waals surface area contributed by atoms with Gasteiger partial charge in [0.25, 0.3) is 0 Å². The van der Waals surface area contributed by atoms with E-state index in [1.807, 2.05) is 0 Å². The lowest BCUT2D eigenvalue weighted by Gasteiger charge is -2.53. The Bertz CT molecular complexity index is 1680. The van der Waals surface area contributed by atoms with Crippen molar-refractivity contribution in [3.63, 3.8) is 0 Å². The minimum Gasteiger partial charge on any atom is -0.507 e. The number of fused-ring (bicyclic) bond motifs is 4. The zero-order valence-electron chi connectivity index (χ0n) is 21.1. The van der Waals surface area contributed by atoms with Crippen LogP contribution in [-0.4, -0.2) is 66.0 Å². The minimum absolute atomic E-state index is 0.185. The number of carbonyl (C=O) groups excluding carboxylic acids is 4. The van der Waals surface area contributed by atoms with E-state index < -0.39 is 104 Å². The molecule has 0 radical (unpaired) electrons. The Labute approximate surface area is 225 Å². The Morgan fingerprint density at radius 1 is 0.600 bits per heavy atom. The van der Waals surface area contributed by atoms with Crippen LogP contribution in [0.15, 0.2) is 35.4 Å². The van der Waals surface area contributed by atoms with Gasteiger partial charge in [-0.3, -0.25) is 19.2 Å². The molecule has 6 aliphatic carbocycles. The molecule has 202 valence electrons. The Balaban J connectivity index is 1.55. The third kappa shape index (κ3) is 1.96. The summed E-state index contributed by atoms with van der Waals surface area (Å²) in [6, 6.07) is 5.37. The Morgan fingerprint density at radius 2 is 0.950 bits per heavy atom. The molecule has 6 aliphatic rings. The van der Waals surface area contributed by atoms with Crippen molar-refractivity contribution in [3.8, 4) is 11.5 Å². The van der Waals surface area contributed by atoms with Crippen molar-refractivity contribution >= 4 is 34.7 Å². The molecular formula is C30H22O10. The van der Waals surface area contributed by atoms with Crippen molar-refractivity contribution in [2.24, 2.45) is 34.5 Å². The van der Waals surface area contributed by atoms with Gasteiger partial charge in [-0.05, 0) is 49.2 Å². The second-order valence-electron chi connectivity index (χ2n) is 12.0. The van der Waals surface area contributed by atoms with Crippen molar-refractivity contribution in [1.82, 2.24) is 0 Å². The smallest absolute Gasteiger partial charge is 0.175 e. The molecular weight excluding hydrogens is 520 g/mol. The molecule has 0 saturated heterocycles. The van der Waals surface area contributed by atoms with E-state index in [9.17, 15) is 49.8 Å². The molecule has 0 heterocycles. The first kappa shape index (κ1) is 23.6. The molecule has 2 aromatic carbocycles. The van der Waals surface area contributed by atoms with E-state index in [4.69, 9.17) is 0 Å². The fourth-order valence-corrected chi connectivity index (χ4v) is 9.51. The van der Waals surface area contributed by atoms with Crippen LogP contribution in [0, 0.1) is 48.3 Å². The first-order valence-corrected chi connectivity index (χ1v) is 12.9. The third-order valence-electron chi connectivity index (χ3n) is 10.4. The maximum absolute atomic E-state index is 14.5. The van der Waals surface area contributed by atoms with Crippen LogP contribution in [0.5, 0.6) is 11.5 Å². The van der Waals surface area contributed by atoms with Gasteiger partial charge in [-0.25, -0.2) is 0 Å². The number of rotatable bonds is 0. The highest BCUT2D eigenvalue weighted by molar-refractivity contribution is 6.30. The number of hydrogen-bond donors (Lipinski definition) is 6. The van der Waals surface area contributed by atoms with Crippen LogP contribution >= 0.6 is 0 Å². The number of phenolic OH excluding ortho intramolecular Hbond substituents is 2. The van der Waals surface area contributed by atoms with Crippen LogP contribution in [0.3, 0.4) is 0 Å². The van der Waals surface area contributed by atoms with Crippen LogP contribution < -0.4 is 0 Å². The molecule has 0 aliphatic heterocycles. The fourth-order valence-electron chi connectivity index (χ4n) is 9.51. The van der Waals surface area contributed by atoms with Gasteiger partial charge in [0.2, 0.25) is 0 Å². The number of carbonyl (C=O) groups is 4. The molecule has 2 aromatic rings. The van der Waals surface area contributed by atoms with E-state index in [0.717, 1.165) is 0 Å². The molecule has 10 nitrogen and oxygen atoms in total. The van der Waals surface area contributed by atoms with Gasteiger partial charge in [0.05, 0.1) is 57.1 Å². The number of allylic oxidation sites excluding steroid dienone is 2. The molecule has 0 aromatic heterocycles. The van der Waals surface area contributed by atoms with E-state index >= 15 is 0 Å². The zero-order valence-corrected chi connectivity index (χ0v) is 21.1. The lowest BCUT2D eigenvalue weighted by atomic mass is 9.46. The van der Waals surface area contributed by atoms with E-state index in [1.54, 1.807) is 13.8 Å². The van der Waals surface area contributed by atoms with Gasteiger partial charge in [0.15, 0.2) is 23.1 Å². The van der Waals surface area contributed by atoms with E-state index in [0.29, 0.717) is 11.1 Å². The van der Waals surface area contributed by atoms with E-state index in [-0.39, 0.29) is 22.3 Å². The van der Waals surface area contributed by atoms with Crippen LogP contribution in [0.25, 0.3) is 11.5 Å². The SMILES string of the molecule is Cc1cc(O)c2c(c1)C(=O)[C@@]13C(=C2O)C(=O)[C@H]2[C@@H](O)[C@@H]1[C@@H]1[C@H](O)[C@@H]3C(=O)C3=C(O)c4c(O)cc(C)cc4C(=O)[C@@]312. The number of hydrogen-bond acceptors (Lipinski definition) is 10. The summed E-state index contributed by atoms with van der Waals surface area (Å²) in [4.78, 5) is 57.9. The van der Waals surface area contributed by atoms with Crippen molar-refractivity contribution < 1.29 is 49.8 Å². The molecule has 0 unspecified atom stereocenters. The number of aliphatic hydroxyl groups excluding tert-OH is 4. The second-order valence-corrected chi connectivity index (χ2v) is 12.0. The first-order chi connectivity index (χ1) is 18.8. The summed E-state index contributed by atoms with van der Waals surface area (Å²) in [5.74, 6) is -12.2. The van der Waals surface area contributed by atoms with Crippen LogP contribution in [0.4, 0.5) is 0 Å². The third-order valence-corrected chi connectivity index (χ3v) is 10.4. The highest BCUT2D eigenvalue weighted by Gasteiger charge is 2.89. The number of benzene rings is 2. The molecule has 8 atom stereocenters. The van der Waals surface area contributed by atoms with Gasteiger partial charge in [0.1, 0.15) is 23.0 Å².